The van der Waals surface area contributed by atoms with Crippen LogP contribution in [0.1, 0.15) is 19.8 Å². The Morgan fingerprint density at radius 1 is 1.13 bits per heavy atom. The van der Waals surface area contributed by atoms with Gasteiger partial charge in [-0.3, -0.25) is 9.69 Å². The third-order valence-electron chi connectivity index (χ3n) is 3.91. The third-order valence-corrected chi connectivity index (χ3v) is 5.86. The Hall–Kier alpha value is -1.44. The van der Waals surface area contributed by atoms with E-state index in [0.717, 1.165) is 12.1 Å². The van der Waals surface area contributed by atoms with E-state index in [1.54, 1.807) is 4.31 Å². The van der Waals surface area contributed by atoms with E-state index in [4.69, 9.17) is 0 Å². The lowest BCUT2D eigenvalue weighted by Crippen LogP contribution is -2.50. The molecule has 1 amide bonds. The van der Waals surface area contributed by atoms with Gasteiger partial charge in [0.15, 0.2) is 0 Å². The first kappa shape index (κ1) is 17.9. The zero-order valence-electron chi connectivity index (χ0n) is 13.6. The number of nitrogens with one attached hydrogen (secondary N) is 1. The number of hydrogen-bond donors (Lipinski definition) is 1. The van der Waals surface area contributed by atoms with E-state index >= 15 is 0 Å². The molecule has 0 aromatic heterocycles. The molecule has 0 radical (unpaired) electrons. The largest absolute Gasteiger partial charge is 0.325 e. The minimum absolute atomic E-state index is 0.0708. The van der Waals surface area contributed by atoms with Crippen LogP contribution in [0.5, 0.6) is 0 Å². The number of para-hydroxylation sites is 1. The van der Waals surface area contributed by atoms with Gasteiger partial charge in [0.1, 0.15) is 0 Å². The molecule has 0 spiro atoms. The van der Waals surface area contributed by atoms with Gasteiger partial charge in [-0.2, -0.15) is 4.31 Å². The maximum absolute atomic E-state index is 12.1. The lowest BCUT2D eigenvalue weighted by atomic mass is 10.3. The minimum Gasteiger partial charge on any atom is -0.325 e. The van der Waals surface area contributed by atoms with E-state index in [0.29, 0.717) is 32.6 Å². The van der Waals surface area contributed by atoms with E-state index in [1.165, 1.54) is 0 Å². The monoisotopic (exact) mass is 339 g/mol. The van der Waals surface area contributed by atoms with Gasteiger partial charge in [-0.1, -0.05) is 31.5 Å². The van der Waals surface area contributed by atoms with E-state index in [1.807, 2.05) is 42.2 Å². The molecule has 0 atom stereocenters. The Morgan fingerprint density at radius 2 is 1.78 bits per heavy atom. The minimum atomic E-state index is -3.14. The van der Waals surface area contributed by atoms with E-state index < -0.39 is 10.0 Å². The Labute approximate surface area is 138 Å². The average Bonchev–Trinajstić information content (AvgIpc) is 2.54. The Morgan fingerprint density at radius 3 is 2.39 bits per heavy atom. The number of amides is 1. The Kier molecular flexibility index (Phi) is 6.56. The molecule has 1 saturated heterocycles. The summed E-state index contributed by atoms with van der Waals surface area (Å²) in [7, 11) is -3.14. The van der Waals surface area contributed by atoms with Gasteiger partial charge in [-0.25, -0.2) is 8.42 Å². The molecule has 1 fully saturated rings. The fourth-order valence-electron chi connectivity index (χ4n) is 2.55. The molecule has 0 saturated carbocycles. The van der Waals surface area contributed by atoms with Crippen LogP contribution < -0.4 is 5.32 Å². The first-order chi connectivity index (χ1) is 11.0. The molecule has 0 unspecified atom stereocenters. The van der Waals surface area contributed by atoms with Gasteiger partial charge in [0.2, 0.25) is 15.9 Å². The molecule has 1 aliphatic rings. The molecule has 1 aromatic rings. The molecule has 1 heterocycles. The van der Waals surface area contributed by atoms with Gasteiger partial charge in [0.05, 0.1) is 12.3 Å². The fourth-order valence-corrected chi connectivity index (χ4v) is 4.18. The normalized spacial score (nSPS) is 17.1. The Bertz CT molecular complexity index is 596. The van der Waals surface area contributed by atoms with Crippen molar-refractivity contribution in [2.45, 2.75) is 19.8 Å². The zero-order valence-corrected chi connectivity index (χ0v) is 14.4. The number of hydrogen-bond acceptors (Lipinski definition) is 4. The lowest BCUT2D eigenvalue weighted by Gasteiger charge is -2.33. The SMILES string of the molecule is CCCCS(=O)(=O)N1CCN(CC(=O)Nc2ccccc2)CC1. The maximum atomic E-state index is 12.1. The standard InChI is InChI=1S/C16H25N3O3S/c1-2-3-13-23(21,22)19-11-9-18(10-12-19)14-16(20)17-15-7-5-4-6-8-15/h4-8H,2-3,9-14H2,1H3,(H,17,20). The number of unbranched alkanes of at least 4 members (excludes halogenated alkanes) is 1. The third kappa shape index (κ3) is 5.60. The van der Waals surface area contributed by atoms with Gasteiger partial charge >= 0.3 is 0 Å². The van der Waals surface area contributed by atoms with Crippen LogP contribution in [-0.2, 0) is 14.8 Å². The number of anilines is 1. The van der Waals surface area contributed by atoms with Crippen molar-refractivity contribution in [3.8, 4) is 0 Å². The highest BCUT2D eigenvalue weighted by Crippen LogP contribution is 2.10. The van der Waals surface area contributed by atoms with E-state index in [9.17, 15) is 13.2 Å². The molecule has 1 N–H and O–H groups in total. The number of benzene rings is 1. The number of piperazine rings is 1. The highest BCUT2D eigenvalue weighted by molar-refractivity contribution is 7.89. The molecular weight excluding hydrogens is 314 g/mol. The molecule has 128 valence electrons. The van der Waals surface area contributed by atoms with Crippen LogP contribution in [0.2, 0.25) is 0 Å². The fraction of sp³-hybridized carbons (Fsp3) is 0.562. The summed E-state index contributed by atoms with van der Waals surface area (Å²) in [6.45, 7) is 4.38. The van der Waals surface area contributed by atoms with Crippen LogP contribution in [0.25, 0.3) is 0 Å². The van der Waals surface area contributed by atoms with Crippen LogP contribution in [0.3, 0.4) is 0 Å². The van der Waals surface area contributed by atoms with Crippen molar-refractivity contribution in [1.82, 2.24) is 9.21 Å². The highest BCUT2D eigenvalue weighted by Gasteiger charge is 2.26. The molecule has 7 heteroatoms. The summed E-state index contributed by atoms with van der Waals surface area (Å²) < 4.78 is 25.8. The van der Waals surface area contributed by atoms with Crippen LogP contribution in [-0.4, -0.2) is 62.0 Å². The molecule has 1 aliphatic heterocycles. The van der Waals surface area contributed by atoms with Crippen molar-refractivity contribution in [2.24, 2.45) is 0 Å². The number of carbonyl (C=O) groups excluding carboxylic acids is 1. The zero-order chi connectivity index (χ0) is 16.7. The van der Waals surface area contributed by atoms with Crippen molar-refractivity contribution in [3.05, 3.63) is 30.3 Å². The second-order valence-electron chi connectivity index (χ2n) is 5.76. The second-order valence-corrected chi connectivity index (χ2v) is 7.85. The van der Waals surface area contributed by atoms with Gasteiger partial charge in [-0.15, -0.1) is 0 Å². The van der Waals surface area contributed by atoms with Crippen LogP contribution >= 0.6 is 0 Å². The topological polar surface area (TPSA) is 69.7 Å². The molecule has 0 bridgehead atoms. The average molecular weight is 339 g/mol. The maximum Gasteiger partial charge on any atom is 0.238 e. The van der Waals surface area contributed by atoms with Gasteiger partial charge in [0, 0.05) is 31.9 Å². The molecule has 0 aliphatic carbocycles. The summed E-state index contributed by atoms with van der Waals surface area (Å²) >= 11 is 0. The molecule has 1 aromatic carbocycles. The van der Waals surface area contributed by atoms with Crippen LogP contribution in [0.15, 0.2) is 30.3 Å². The van der Waals surface area contributed by atoms with Crippen molar-refractivity contribution >= 4 is 21.6 Å². The summed E-state index contributed by atoms with van der Waals surface area (Å²) in [6.07, 6.45) is 1.57. The Balaban J connectivity index is 1.77. The molecular formula is C16H25N3O3S. The van der Waals surface area contributed by atoms with Crippen molar-refractivity contribution < 1.29 is 13.2 Å². The first-order valence-electron chi connectivity index (χ1n) is 8.06. The first-order valence-corrected chi connectivity index (χ1v) is 9.67. The van der Waals surface area contributed by atoms with Gasteiger partial charge in [0.25, 0.3) is 0 Å². The predicted molar refractivity (Wildman–Crippen MR) is 91.8 cm³/mol. The molecule has 6 nitrogen and oxygen atoms in total. The van der Waals surface area contributed by atoms with Gasteiger partial charge in [-0.05, 0) is 18.6 Å². The number of sulfonamides is 1. The quantitative estimate of drug-likeness (QED) is 0.815. The highest BCUT2D eigenvalue weighted by atomic mass is 32.2. The summed E-state index contributed by atoms with van der Waals surface area (Å²) in [4.78, 5) is 14.0. The smallest absolute Gasteiger partial charge is 0.238 e. The van der Waals surface area contributed by atoms with Crippen molar-refractivity contribution in [1.29, 1.82) is 0 Å². The van der Waals surface area contributed by atoms with Crippen LogP contribution in [0, 0.1) is 0 Å². The number of rotatable bonds is 7. The van der Waals surface area contributed by atoms with Crippen molar-refractivity contribution in [3.63, 3.8) is 0 Å². The lowest BCUT2D eigenvalue weighted by molar-refractivity contribution is -0.117. The van der Waals surface area contributed by atoms with E-state index in [2.05, 4.69) is 5.32 Å². The summed E-state index contributed by atoms with van der Waals surface area (Å²) in [6, 6.07) is 9.32. The van der Waals surface area contributed by atoms with Gasteiger partial charge < -0.3 is 5.32 Å². The number of carbonyl (C=O) groups is 1. The second kappa shape index (κ2) is 8.42. The molecule has 2 rings (SSSR count). The predicted octanol–water partition coefficient (Wildman–Crippen LogP) is 1.37. The molecule has 23 heavy (non-hydrogen) atoms. The van der Waals surface area contributed by atoms with E-state index in [-0.39, 0.29) is 18.2 Å². The van der Waals surface area contributed by atoms with Crippen LogP contribution in [0.4, 0.5) is 5.69 Å². The summed E-state index contributed by atoms with van der Waals surface area (Å²) in [5.74, 6) is 0.149. The summed E-state index contributed by atoms with van der Waals surface area (Å²) in [5.41, 5.74) is 0.776. The number of nitrogens with zero attached hydrogens (tertiary/aromatic N) is 2. The van der Waals surface area contributed by atoms with Crippen molar-refractivity contribution in [2.75, 3.05) is 43.8 Å². The summed E-state index contributed by atoms with van der Waals surface area (Å²) in [5, 5.41) is 2.85.